The van der Waals surface area contributed by atoms with Gasteiger partial charge in [0.25, 0.3) is 5.91 Å². The molecule has 1 fully saturated rings. The fourth-order valence-electron chi connectivity index (χ4n) is 2.49. The number of furan rings is 1. The van der Waals surface area contributed by atoms with Gasteiger partial charge in [-0.2, -0.15) is 0 Å². The van der Waals surface area contributed by atoms with E-state index in [0.717, 1.165) is 30.5 Å². The number of hydrogen-bond donors (Lipinski definition) is 1. The maximum absolute atomic E-state index is 12.4. The molecule has 1 unspecified atom stereocenters. The Hall–Kier alpha value is -1.52. The highest BCUT2D eigenvalue weighted by molar-refractivity contribution is 6.05. The molecule has 2 aromatic rings. The first-order valence-electron chi connectivity index (χ1n) is 6.22. The van der Waals surface area contributed by atoms with Crippen LogP contribution in [0.3, 0.4) is 0 Å². The number of benzene rings is 1. The molecule has 1 aliphatic heterocycles. The molecule has 0 bridgehead atoms. The van der Waals surface area contributed by atoms with Gasteiger partial charge in [-0.25, -0.2) is 0 Å². The number of fused-ring (bicyclic) bond motifs is 1. The molecule has 3 rings (SSSR count). The molecule has 1 amide bonds. The van der Waals surface area contributed by atoms with Gasteiger partial charge >= 0.3 is 0 Å². The molecular formula is C14H17ClN2O2. The molecular weight excluding hydrogens is 264 g/mol. The van der Waals surface area contributed by atoms with E-state index in [0.29, 0.717) is 11.6 Å². The van der Waals surface area contributed by atoms with E-state index in [1.807, 2.05) is 36.2 Å². The van der Waals surface area contributed by atoms with Gasteiger partial charge < -0.3 is 14.6 Å². The van der Waals surface area contributed by atoms with Crippen molar-refractivity contribution in [3.05, 3.63) is 36.1 Å². The lowest BCUT2D eigenvalue weighted by Gasteiger charge is -2.15. The zero-order valence-corrected chi connectivity index (χ0v) is 11.6. The van der Waals surface area contributed by atoms with Crippen molar-refractivity contribution in [2.75, 3.05) is 20.1 Å². The van der Waals surface area contributed by atoms with E-state index in [-0.39, 0.29) is 18.3 Å². The Labute approximate surface area is 118 Å². The maximum atomic E-state index is 12.4. The topological polar surface area (TPSA) is 45.5 Å². The number of carbonyl (C=O) groups is 1. The molecule has 0 radical (unpaired) electrons. The molecule has 1 saturated heterocycles. The van der Waals surface area contributed by atoms with E-state index < -0.39 is 0 Å². The summed E-state index contributed by atoms with van der Waals surface area (Å²) in [5, 5.41) is 4.11. The smallest absolute Gasteiger partial charge is 0.257 e. The zero-order chi connectivity index (χ0) is 12.5. The van der Waals surface area contributed by atoms with Crippen LogP contribution in [0.5, 0.6) is 0 Å². The summed E-state index contributed by atoms with van der Waals surface area (Å²) in [6, 6.07) is 8.05. The van der Waals surface area contributed by atoms with Gasteiger partial charge in [-0.1, -0.05) is 18.2 Å². The number of nitrogens with zero attached hydrogens (tertiary/aromatic N) is 1. The number of likely N-dealkylation sites (N-methyl/N-ethyl adjacent to an activating group) is 1. The molecule has 19 heavy (non-hydrogen) atoms. The van der Waals surface area contributed by atoms with E-state index in [1.54, 1.807) is 6.26 Å². The summed E-state index contributed by atoms with van der Waals surface area (Å²) < 4.78 is 5.42. The van der Waals surface area contributed by atoms with E-state index in [4.69, 9.17) is 4.42 Å². The van der Waals surface area contributed by atoms with Gasteiger partial charge in [-0.15, -0.1) is 12.4 Å². The maximum Gasteiger partial charge on any atom is 0.257 e. The second-order valence-electron chi connectivity index (χ2n) is 4.67. The highest BCUT2D eigenvalue weighted by atomic mass is 35.5. The standard InChI is InChI=1S/C14H16N2O2.ClH/c1-15-10-6-7-16(8-10)14(17)12-9-18-13-5-3-2-4-11(12)13;/h2-5,9-10,15H,6-8H2,1H3;1H. The first-order chi connectivity index (χ1) is 8.79. The number of carbonyl (C=O) groups excluding carboxylic acids is 1. The third-order valence-electron chi connectivity index (χ3n) is 3.60. The van der Waals surface area contributed by atoms with Crippen LogP contribution in [-0.2, 0) is 0 Å². The van der Waals surface area contributed by atoms with Gasteiger partial charge in [0.15, 0.2) is 0 Å². The minimum atomic E-state index is 0. The van der Waals surface area contributed by atoms with Gasteiger partial charge in [0.05, 0.1) is 5.56 Å². The summed E-state index contributed by atoms with van der Waals surface area (Å²) in [6.07, 6.45) is 2.58. The first kappa shape index (κ1) is 13.9. The lowest BCUT2D eigenvalue weighted by Crippen LogP contribution is -2.33. The van der Waals surface area contributed by atoms with Gasteiger partial charge in [0.2, 0.25) is 0 Å². The van der Waals surface area contributed by atoms with Crippen molar-refractivity contribution in [3.63, 3.8) is 0 Å². The molecule has 0 aliphatic carbocycles. The average molecular weight is 281 g/mol. The minimum Gasteiger partial charge on any atom is -0.463 e. The monoisotopic (exact) mass is 280 g/mol. The Morgan fingerprint density at radius 3 is 2.95 bits per heavy atom. The van der Waals surface area contributed by atoms with Crippen molar-refractivity contribution in [2.24, 2.45) is 0 Å². The lowest BCUT2D eigenvalue weighted by molar-refractivity contribution is 0.0790. The molecule has 0 spiro atoms. The van der Waals surface area contributed by atoms with Crippen LogP contribution in [-0.4, -0.2) is 37.0 Å². The van der Waals surface area contributed by atoms with Crippen molar-refractivity contribution < 1.29 is 9.21 Å². The Bertz CT molecular complexity index is 582. The largest absolute Gasteiger partial charge is 0.463 e. The number of hydrogen-bond acceptors (Lipinski definition) is 3. The number of para-hydroxylation sites is 1. The SMILES string of the molecule is CNC1CCN(C(=O)c2coc3ccccc23)C1.Cl. The zero-order valence-electron chi connectivity index (χ0n) is 10.8. The fourth-order valence-corrected chi connectivity index (χ4v) is 2.49. The van der Waals surface area contributed by atoms with E-state index >= 15 is 0 Å². The molecule has 2 heterocycles. The van der Waals surface area contributed by atoms with Crippen LogP contribution in [0, 0.1) is 0 Å². The fraction of sp³-hybridized carbons (Fsp3) is 0.357. The quantitative estimate of drug-likeness (QED) is 0.918. The summed E-state index contributed by atoms with van der Waals surface area (Å²) >= 11 is 0. The highest BCUT2D eigenvalue weighted by Crippen LogP contribution is 2.23. The Morgan fingerprint density at radius 2 is 2.21 bits per heavy atom. The lowest BCUT2D eigenvalue weighted by atomic mass is 10.1. The third kappa shape index (κ3) is 2.46. The molecule has 1 atom stereocenters. The van der Waals surface area contributed by atoms with Gasteiger partial charge in [0.1, 0.15) is 11.8 Å². The number of rotatable bonds is 2. The molecule has 4 nitrogen and oxygen atoms in total. The van der Waals surface area contributed by atoms with Crippen LogP contribution in [0.1, 0.15) is 16.8 Å². The van der Waals surface area contributed by atoms with E-state index in [9.17, 15) is 4.79 Å². The molecule has 1 aliphatic rings. The van der Waals surface area contributed by atoms with E-state index in [2.05, 4.69) is 5.32 Å². The van der Waals surface area contributed by atoms with Crippen molar-refractivity contribution in [3.8, 4) is 0 Å². The molecule has 1 aromatic heterocycles. The first-order valence-corrected chi connectivity index (χ1v) is 6.22. The van der Waals surface area contributed by atoms with Gasteiger partial charge in [-0.3, -0.25) is 4.79 Å². The van der Waals surface area contributed by atoms with Crippen LogP contribution in [0.15, 0.2) is 34.9 Å². The van der Waals surface area contributed by atoms with Crippen LogP contribution < -0.4 is 5.32 Å². The number of halogens is 1. The van der Waals surface area contributed by atoms with Crippen molar-refractivity contribution in [1.29, 1.82) is 0 Å². The number of amides is 1. The number of nitrogens with one attached hydrogen (secondary N) is 1. The van der Waals surface area contributed by atoms with Crippen molar-refractivity contribution in [1.82, 2.24) is 10.2 Å². The van der Waals surface area contributed by atoms with Crippen LogP contribution >= 0.6 is 12.4 Å². The normalized spacial score (nSPS) is 18.6. The highest BCUT2D eigenvalue weighted by Gasteiger charge is 2.27. The summed E-state index contributed by atoms with van der Waals surface area (Å²) in [5.41, 5.74) is 1.44. The average Bonchev–Trinajstić information content (AvgIpc) is 3.04. The summed E-state index contributed by atoms with van der Waals surface area (Å²) in [4.78, 5) is 14.3. The van der Waals surface area contributed by atoms with Crippen LogP contribution in [0.4, 0.5) is 0 Å². The predicted molar refractivity (Wildman–Crippen MR) is 76.8 cm³/mol. The summed E-state index contributed by atoms with van der Waals surface area (Å²) in [5.74, 6) is 0.0673. The van der Waals surface area contributed by atoms with Crippen LogP contribution in [0.2, 0.25) is 0 Å². The second-order valence-corrected chi connectivity index (χ2v) is 4.67. The summed E-state index contributed by atoms with van der Waals surface area (Å²) in [7, 11) is 1.94. The minimum absolute atomic E-state index is 0. The van der Waals surface area contributed by atoms with Crippen molar-refractivity contribution in [2.45, 2.75) is 12.5 Å². The Morgan fingerprint density at radius 1 is 1.42 bits per heavy atom. The molecule has 1 aromatic carbocycles. The predicted octanol–water partition coefficient (Wildman–Crippen LogP) is 2.29. The Kier molecular flexibility index (Phi) is 4.12. The molecule has 0 saturated carbocycles. The van der Waals surface area contributed by atoms with Gasteiger partial charge in [-0.05, 0) is 19.5 Å². The van der Waals surface area contributed by atoms with Gasteiger partial charge in [0, 0.05) is 24.5 Å². The third-order valence-corrected chi connectivity index (χ3v) is 3.60. The van der Waals surface area contributed by atoms with Crippen molar-refractivity contribution >= 4 is 29.3 Å². The molecule has 1 N–H and O–H groups in total. The molecule has 5 heteroatoms. The second kappa shape index (κ2) is 5.63. The van der Waals surface area contributed by atoms with E-state index in [1.165, 1.54) is 0 Å². The van der Waals surface area contributed by atoms with Crippen LogP contribution in [0.25, 0.3) is 11.0 Å². The number of likely N-dealkylation sites (tertiary alicyclic amines) is 1. The summed E-state index contributed by atoms with van der Waals surface area (Å²) in [6.45, 7) is 1.58. The molecule has 102 valence electrons. The Balaban J connectivity index is 0.00000133.